The van der Waals surface area contributed by atoms with Crippen LogP contribution in [0.3, 0.4) is 0 Å². The normalized spacial score (nSPS) is 14.9. The lowest BCUT2D eigenvalue weighted by Crippen LogP contribution is -2.29. The van der Waals surface area contributed by atoms with E-state index < -0.39 is 0 Å². The van der Waals surface area contributed by atoms with Gasteiger partial charge in [-0.3, -0.25) is 4.90 Å². The Morgan fingerprint density at radius 1 is 1.35 bits per heavy atom. The standard InChI is InChI=1S/C15H19N3O2/c1-11-4-2-3-5-13(11)15-16-14(17-20-15)10-18(8-9-19)12-6-7-12/h2-5,12,19H,6-10H2,1H3. The number of benzene rings is 1. The van der Waals surface area contributed by atoms with Crippen molar-refractivity contribution in [2.75, 3.05) is 13.2 Å². The lowest BCUT2D eigenvalue weighted by molar-refractivity contribution is 0.179. The second-order valence-electron chi connectivity index (χ2n) is 5.26. The Morgan fingerprint density at radius 2 is 2.15 bits per heavy atom. The van der Waals surface area contributed by atoms with Crippen molar-refractivity contribution >= 4 is 0 Å². The molecule has 20 heavy (non-hydrogen) atoms. The Hall–Kier alpha value is -1.72. The third-order valence-electron chi connectivity index (χ3n) is 3.64. The molecule has 1 aliphatic rings. The summed E-state index contributed by atoms with van der Waals surface area (Å²) in [6.07, 6.45) is 2.39. The number of rotatable bonds is 6. The van der Waals surface area contributed by atoms with E-state index in [1.807, 2.05) is 31.2 Å². The summed E-state index contributed by atoms with van der Waals surface area (Å²) in [5.74, 6) is 1.25. The van der Waals surface area contributed by atoms with Crippen molar-refractivity contribution in [1.29, 1.82) is 0 Å². The first-order valence-corrected chi connectivity index (χ1v) is 7.01. The fourth-order valence-electron chi connectivity index (χ4n) is 2.38. The van der Waals surface area contributed by atoms with Crippen molar-refractivity contribution in [2.24, 2.45) is 0 Å². The molecular formula is C15H19N3O2. The highest BCUT2D eigenvalue weighted by Crippen LogP contribution is 2.28. The van der Waals surface area contributed by atoms with Crippen molar-refractivity contribution < 1.29 is 9.63 Å². The summed E-state index contributed by atoms with van der Waals surface area (Å²) in [4.78, 5) is 6.69. The highest BCUT2D eigenvalue weighted by Gasteiger charge is 2.29. The van der Waals surface area contributed by atoms with Crippen LogP contribution in [-0.2, 0) is 6.54 Å². The molecule has 1 fully saturated rings. The predicted molar refractivity (Wildman–Crippen MR) is 75.0 cm³/mol. The van der Waals surface area contributed by atoms with Crippen molar-refractivity contribution in [3.05, 3.63) is 35.7 Å². The number of aliphatic hydroxyl groups is 1. The molecule has 1 aliphatic carbocycles. The first-order chi connectivity index (χ1) is 9.78. The van der Waals surface area contributed by atoms with Crippen LogP contribution < -0.4 is 0 Å². The van der Waals surface area contributed by atoms with Crippen LogP contribution in [0.1, 0.15) is 24.2 Å². The maximum absolute atomic E-state index is 9.11. The number of aryl methyl sites for hydroxylation is 1. The van der Waals surface area contributed by atoms with Gasteiger partial charge in [0.05, 0.1) is 13.2 Å². The molecule has 5 heteroatoms. The summed E-state index contributed by atoms with van der Waals surface area (Å²) in [7, 11) is 0. The van der Waals surface area contributed by atoms with E-state index in [1.165, 1.54) is 12.8 Å². The number of hydrogen-bond donors (Lipinski definition) is 1. The van der Waals surface area contributed by atoms with Gasteiger partial charge in [-0.15, -0.1) is 0 Å². The molecule has 0 atom stereocenters. The van der Waals surface area contributed by atoms with Gasteiger partial charge in [0.15, 0.2) is 5.82 Å². The Kier molecular flexibility index (Phi) is 3.80. The zero-order chi connectivity index (χ0) is 13.9. The van der Waals surface area contributed by atoms with Crippen LogP contribution in [0.5, 0.6) is 0 Å². The predicted octanol–water partition coefficient (Wildman–Crippen LogP) is 2.00. The molecule has 1 aromatic carbocycles. The Bertz CT molecular complexity index is 578. The number of hydrogen-bond acceptors (Lipinski definition) is 5. The third kappa shape index (κ3) is 2.89. The van der Waals surface area contributed by atoms with E-state index in [1.54, 1.807) is 0 Å². The molecule has 1 aromatic heterocycles. The van der Waals surface area contributed by atoms with Gasteiger partial charge in [0.1, 0.15) is 0 Å². The molecule has 1 heterocycles. The van der Waals surface area contributed by atoms with Crippen molar-refractivity contribution in [1.82, 2.24) is 15.0 Å². The summed E-state index contributed by atoms with van der Waals surface area (Å²) in [6, 6.07) is 8.55. The molecule has 3 rings (SSSR count). The molecule has 5 nitrogen and oxygen atoms in total. The second-order valence-corrected chi connectivity index (χ2v) is 5.26. The topological polar surface area (TPSA) is 62.4 Å². The number of aromatic nitrogens is 2. The van der Waals surface area contributed by atoms with Crippen molar-refractivity contribution in [3.8, 4) is 11.5 Å². The average molecular weight is 273 g/mol. The summed E-state index contributed by atoms with van der Waals surface area (Å²) >= 11 is 0. The highest BCUT2D eigenvalue weighted by atomic mass is 16.5. The van der Waals surface area contributed by atoms with Crippen LogP contribution in [0.25, 0.3) is 11.5 Å². The molecule has 106 valence electrons. The summed E-state index contributed by atoms with van der Waals surface area (Å²) in [5.41, 5.74) is 2.10. The SMILES string of the molecule is Cc1ccccc1-c1nc(CN(CCO)C2CC2)no1. The quantitative estimate of drug-likeness (QED) is 0.872. The summed E-state index contributed by atoms with van der Waals surface area (Å²) in [5, 5.41) is 13.2. The van der Waals surface area contributed by atoms with Crippen LogP contribution in [0.4, 0.5) is 0 Å². The maximum Gasteiger partial charge on any atom is 0.258 e. The van der Waals surface area contributed by atoms with Gasteiger partial charge in [0, 0.05) is 18.2 Å². The van der Waals surface area contributed by atoms with Crippen LogP contribution in [0.15, 0.2) is 28.8 Å². The van der Waals surface area contributed by atoms with Crippen molar-refractivity contribution in [3.63, 3.8) is 0 Å². The van der Waals surface area contributed by atoms with E-state index in [-0.39, 0.29) is 6.61 Å². The lowest BCUT2D eigenvalue weighted by Gasteiger charge is -2.18. The van der Waals surface area contributed by atoms with Crippen molar-refractivity contribution in [2.45, 2.75) is 32.4 Å². The summed E-state index contributed by atoms with van der Waals surface area (Å²) in [6.45, 7) is 3.50. The van der Waals surface area contributed by atoms with E-state index in [9.17, 15) is 0 Å². The van der Waals surface area contributed by atoms with Gasteiger partial charge in [-0.25, -0.2) is 0 Å². The monoisotopic (exact) mass is 273 g/mol. The van der Waals surface area contributed by atoms with Gasteiger partial charge >= 0.3 is 0 Å². The fraction of sp³-hybridized carbons (Fsp3) is 0.467. The van der Waals surface area contributed by atoms with E-state index in [4.69, 9.17) is 9.63 Å². The minimum Gasteiger partial charge on any atom is -0.395 e. The van der Waals surface area contributed by atoms with E-state index in [0.29, 0.717) is 30.8 Å². The number of aliphatic hydroxyl groups excluding tert-OH is 1. The van der Waals surface area contributed by atoms with Gasteiger partial charge in [-0.1, -0.05) is 23.4 Å². The molecule has 0 aliphatic heterocycles. The molecule has 1 N–H and O–H groups in total. The zero-order valence-electron chi connectivity index (χ0n) is 11.6. The molecule has 0 amide bonds. The van der Waals surface area contributed by atoms with Gasteiger partial charge in [0.2, 0.25) is 0 Å². The third-order valence-corrected chi connectivity index (χ3v) is 3.64. The van der Waals surface area contributed by atoms with Crippen LogP contribution in [0.2, 0.25) is 0 Å². The Balaban J connectivity index is 1.75. The maximum atomic E-state index is 9.11. The molecule has 0 unspecified atom stereocenters. The van der Waals surface area contributed by atoms with Gasteiger partial charge in [0.25, 0.3) is 5.89 Å². The molecule has 0 saturated heterocycles. The van der Waals surface area contributed by atoms with Crippen LogP contribution in [-0.4, -0.2) is 39.3 Å². The molecule has 2 aromatic rings. The van der Waals surface area contributed by atoms with E-state index in [2.05, 4.69) is 15.0 Å². The Morgan fingerprint density at radius 3 is 2.85 bits per heavy atom. The minimum atomic E-state index is 0.166. The molecule has 0 radical (unpaired) electrons. The molecule has 1 saturated carbocycles. The first kappa shape index (κ1) is 13.3. The van der Waals surface area contributed by atoms with Gasteiger partial charge < -0.3 is 9.63 Å². The first-order valence-electron chi connectivity index (χ1n) is 7.01. The average Bonchev–Trinajstić information content (AvgIpc) is 3.20. The second kappa shape index (κ2) is 5.73. The van der Waals surface area contributed by atoms with E-state index >= 15 is 0 Å². The molecule has 0 spiro atoms. The van der Waals surface area contributed by atoms with Crippen LogP contribution in [0, 0.1) is 6.92 Å². The van der Waals surface area contributed by atoms with E-state index in [0.717, 1.165) is 11.1 Å². The Labute approximate surface area is 118 Å². The number of nitrogens with zero attached hydrogens (tertiary/aromatic N) is 3. The molecular weight excluding hydrogens is 254 g/mol. The smallest absolute Gasteiger partial charge is 0.258 e. The van der Waals surface area contributed by atoms with Gasteiger partial charge in [-0.2, -0.15) is 4.98 Å². The fourth-order valence-corrected chi connectivity index (χ4v) is 2.38. The minimum absolute atomic E-state index is 0.166. The van der Waals surface area contributed by atoms with Crippen LogP contribution >= 0.6 is 0 Å². The molecule has 0 bridgehead atoms. The lowest BCUT2D eigenvalue weighted by atomic mass is 10.1. The summed E-state index contributed by atoms with van der Waals surface area (Å²) < 4.78 is 5.36. The van der Waals surface area contributed by atoms with Gasteiger partial charge in [-0.05, 0) is 31.4 Å². The largest absolute Gasteiger partial charge is 0.395 e. The zero-order valence-corrected chi connectivity index (χ0v) is 11.6. The highest BCUT2D eigenvalue weighted by molar-refractivity contribution is 5.57.